The summed E-state index contributed by atoms with van der Waals surface area (Å²) in [6.07, 6.45) is 1.80. The van der Waals surface area contributed by atoms with Crippen molar-refractivity contribution in [3.63, 3.8) is 0 Å². The van der Waals surface area contributed by atoms with Gasteiger partial charge in [-0.25, -0.2) is 0 Å². The van der Waals surface area contributed by atoms with E-state index in [1.807, 2.05) is 0 Å². The molecule has 0 heterocycles. The number of aliphatic imine (C=N–C) groups is 1. The predicted molar refractivity (Wildman–Crippen MR) is 46.5 cm³/mol. The number of rotatable bonds is 4. The van der Waals surface area contributed by atoms with Gasteiger partial charge >= 0.3 is 0 Å². The van der Waals surface area contributed by atoms with Crippen LogP contribution in [0, 0.1) is 5.92 Å². The lowest BCUT2D eigenvalue weighted by Gasteiger charge is -2.02. The van der Waals surface area contributed by atoms with E-state index in [0.29, 0.717) is 12.0 Å². The standard InChI is InChI=1S/C8H18N2/c1-7(2)5-9-6-10-8(3)4/h6-8H,5H2,1-4H3,(H,9,10). The fourth-order valence-corrected chi connectivity index (χ4v) is 0.465. The summed E-state index contributed by atoms with van der Waals surface area (Å²) in [5, 5.41) is 3.11. The topological polar surface area (TPSA) is 24.4 Å². The van der Waals surface area contributed by atoms with E-state index >= 15 is 0 Å². The van der Waals surface area contributed by atoms with Crippen LogP contribution in [0.25, 0.3) is 0 Å². The molecule has 0 amide bonds. The number of nitrogens with zero attached hydrogens (tertiary/aromatic N) is 1. The molecule has 0 aliphatic carbocycles. The van der Waals surface area contributed by atoms with Gasteiger partial charge in [0.1, 0.15) is 0 Å². The van der Waals surface area contributed by atoms with Gasteiger partial charge in [-0.2, -0.15) is 0 Å². The summed E-state index contributed by atoms with van der Waals surface area (Å²) in [6.45, 7) is 9.43. The molecular formula is C8H18N2. The maximum Gasteiger partial charge on any atom is 0.0825 e. The Labute approximate surface area is 63.7 Å². The van der Waals surface area contributed by atoms with Crippen LogP contribution in [-0.4, -0.2) is 18.9 Å². The van der Waals surface area contributed by atoms with Crippen molar-refractivity contribution < 1.29 is 0 Å². The van der Waals surface area contributed by atoms with Gasteiger partial charge in [-0.1, -0.05) is 13.8 Å². The van der Waals surface area contributed by atoms with E-state index in [1.165, 1.54) is 0 Å². The van der Waals surface area contributed by atoms with E-state index in [2.05, 4.69) is 38.0 Å². The molecule has 2 heteroatoms. The second kappa shape index (κ2) is 5.27. The Hall–Kier alpha value is -0.530. The van der Waals surface area contributed by atoms with Gasteiger partial charge in [0.2, 0.25) is 0 Å². The van der Waals surface area contributed by atoms with Crippen LogP contribution in [0.1, 0.15) is 27.7 Å². The van der Waals surface area contributed by atoms with Crippen molar-refractivity contribution in [1.82, 2.24) is 5.32 Å². The summed E-state index contributed by atoms with van der Waals surface area (Å²) in [4.78, 5) is 4.17. The first-order valence-electron chi connectivity index (χ1n) is 3.87. The molecule has 0 aliphatic heterocycles. The van der Waals surface area contributed by atoms with Crippen molar-refractivity contribution in [1.29, 1.82) is 0 Å². The zero-order valence-corrected chi connectivity index (χ0v) is 7.39. The Bertz CT molecular complexity index is 83.4. The molecule has 0 radical (unpaired) electrons. The van der Waals surface area contributed by atoms with E-state index in [-0.39, 0.29) is 0 Å². The highest BCUT2D eigenvalue weighted by Crippen LogP contribution is 1.89. The largest absolute Gasteiger partial charge is 0.374 e. The summed E-state index contributed by atoms with van der Waals surface area (Å²) < 4.78 is 0. The van der Waals surface area contributed by atoms with Crippen LogP contribution in [0.5, 0.6) is 0 Å². The molecule has 10 heavy (non-hydrogen) atoms. The first-order chi connectivity index (χ1) is 4.63. The Morgan fingerprint density at radius 1 is 1.30 bits per heavy atom. The summed E-state index contributed by atoms with van der Waals surface area (Å²) in [6, 6.07) is 0.496. The number of nitrogens with one attached hydrogen (secondary N) is 1. The van der Waals surface area contributed by atoms with E-state index in [0.717, 1.165) is 6.54 Å². The van der Waals surface area contributed by atoms with E-state index in [1.54, 1.807) is 6.34 Å². The highest BCUT2D eigenvalue weighted by atomic mass is 15.0. The Balaban J connectivity index is 3.20. The molecule has 0 rings (SSSR count). The zero-order valence-electron chi connectivity index (χ0n) is 7.39. The summed E-state index contributed by atoms with van der Waals surface area (Å²) in [5.74, 6) is 0.658. The Morgan fingerprint density at radius 3 is 2.30 bits per heavy atom. The van der Waals surface area contributed by atoms with Crippen LogP contribution < -0.4 is 5.32 Å². The molecule has 0 atom stereocenters. The van der Waals surface area contributed by atoms with Gasteiger partial charge < -0.3 is 5.32 Å². The maximum absolute atomic E-state index is 4.17. The Kier molecular flexibility index (Phi) is 4.99. The summed E-state index contributed by atoms with van der Waals surface area (Å²) in [5.41, 5.74) is 0. The second-order valence-electron chi connectivity index (χ2n) is 3.21. The molecule has 0 saturated heterocycles. The molecule has 60 valence electrons. The van der Waals surface area contributed by atoms with Gasteiger partial charge in [-0.05, 0) is 19.8 Å². The fraction of sp³-hybridized carbons (Fsp3) is 0.875. The van der Waals surface area contributed by atoms with E-state index < -0.39 is 0 Å². The average Bonchev–Trinajstić information content (AvgIpc) is 1.79. The monoisotopic (exact) mass is 142 g/mol. The van der Waals surface area contributed by atoms with Crippen molar-refractivity contribution >= 4 is 6.34 Å². The molecule has 2 nitrogen and oxygen atoms in total. The molecule has 0 bridgehead atoms. The van der Waals surface area contributed by atoms with Gasteiger partial charge in [0.15, 0.2) is 0 Å². The summed E-state index contributed by atoms with van der Waals surface area (Å²) in [7, 11) is 0. The van der Waals surface area contributed by atoms with Gasteiger partial charge in [-0.3, -0.25) is 4.99 Å². The SMILES string of the molecule is CC(C)CN=CNC(C)C. The minimum Gasteiger partial charge on any atom is -0.374 e. The normalized spacial score (nSPS) is 11.8. The molecular weight excluding hydrogens is 124 g/mol. The van der Waals surface area contributed by atoms with Gasteiger partial charge in [-0.15, -0.1) is 0 Å². The zero-order chi connectivity index (χ0) is 7.98. The van der Waals surface area contributed by atoms with Crippen LogP contribution in [0.15, 0.2) is 4.99 Å². The molecule has 0 unspecified atom stereocenters. The lowest BCUT2D eigenvalue weighted by Crippen LogP contribution is -2.20. The third kappa shape index (κ3) is 7.47. The van der Waals surface area contributed by atoms with Crippen molar-refractivity contribution in [3.05, 3.63) is 0 Å². The van der Waals surface area contributed by atoms with E-state index in [9.17, 15) is 0 Å². The van der Waals surface area contributed by atoms with Crippen molar-refractivity contribution in [2.45, 2.75) is 33.7 Å². The number of hydrogen-bond donors (Lipinski definition) is 1. The molecule has 1 N–H and O–H groups in total. The lowest BCUT2D eigenvalue weighted by atomic mass is 10.2. The molecule has 0 fully saturated rings. The quantitative estimate of drug-likeness (QED) is 0.468. The van der Waals surface area contributed by atoms with E-state index in [4.69, 9.17) is 0 Å². The third-order valence-corrected chi connectivity index (χ3v) is 0.970. The van der Waals surface area contributed by atoms with Crippen LogP contribution in [0.4, 0.5) is 0 Å². The van der Waals surface area contributed by atoms with Crippen molar-refractivity contribution in [2.24, 2.45) is 10.9 Å². The van der Waals surface area contributed by atoms with Gasteiger partial charge in [0.25, 0.3) is 0 Å². The molecule has 0 spiro atoms. The summed E-state index contributed by atoms with van der Waals surface area (Å²) >= 11 is 0. The predicted octanol–water partition coefficient (Wildman–Crippen LogP) is 1.67. The van der Waals surface area contributed by atoms with Crippen LogP contribution >= 0.6 is 0 Å². The van der Waals surface area contributed by atoms with Crippen LogP contribution in [0.2, 0.25) is 0 Å². The molecule has 0 aromatic heterocycles. The van der Waals surface area contributed by atoms with Crippen molar-refractivity contribution in [2.75, 3.05) is 6.54 Å². The van der Waals surface area contributed by atoms with Gasteiger partial charge in [0, 0.05) is 12.6 Å². The number of hydrogen-bond acceptors (Lipinski definition) is 1. The molecule has 0 aliphatic rings. The van der Waals surface area contributed by atoms with Crippen LogP contribution in [-0.2, 0) is 0 Å². The highest BCUT2D eigenvalue weighted by molar-refractivity contribution is 5.54. The maximum atomic E-state index is 4.17. The first kappa shape index (κ1) is 9.47. The lowest BCUT2D eigenvalue weighted by molar-refractivity contribution is 0.660. The first-order valence-corrected chi connectivity index (χ1v) is 3.87. The van der Waals surface area contributed by atoms with Crippen LogP contribution in [0.3, 0.4) is 0 Å². The van der Waals surface area contributed by atoms with Gasteiger partial charge in [0.05, 0.1) is 6.34 Å². The third-order valence-electron chi connectivity index (χ3n) is 0.970. The smallest absolute Gasteiger partial charge is 0.0825 e. The second-order valence-corrected chi connectivity index (χ2v) is 3.21. The average molecular weight is 142 g/mol. The highest BCUT2D eigenvalue weighted by Gasteiger charge is 1.88. The molecule has 0 aromatic carbocycles. The minimum atomic E-state index is 0.496. The minimum absolute atomic E-state index is 0.496. The molecule has 0 aromatic rings. The Morgan fingerprint density at radius 2 is 1.90 bits per heavy atom. The molecule has 0 saturated carbocycles. The van der Waals surface area contributed by atoms with Crippen molar-refractivity contribution in [3.8, 4) is 0 Å². The fourth-order valence-electron chi connectivity index (χ4n) is 0.465.